The Labute approximate surface area is 230 Å². The van der Waals surface area contributed by atoms with E-state index < -0.39 is 5.97 Å². The lowest BCUT2D eigenvalue weighted by atomic mass is 10.0. The fourth-order valence-electron chi connectivity index (χ4n) is 4.69. The lowest BCUT2D eigenvalue weighted by molar-refractivity contribution is 0.0697. The fraction of sp³-hybridized carbons (Fsp3) is 0.0645. The Morgan fingerprint density at radius 2 is 1.67 bits per heavy atom. The smallest absolute Gasteiger partial charge is 0.335 e. The summed E-state index contributed by atoms with van der Waals surface area (Å²) in [5, 5.41) is 13.4. The van der Waals surface area contributed by atoms with Crippen LogP contribution in [-0.2, 0) is 0 Å². The van der Waals surface area contributed by atoms with Gasteiger partial charge in [-0.1, -0.05) is 36.4 Å². The van der Waals surface area contributed by atoms with Crippen LogP contribution in [0.2, 0.25) is 0 Å². The molecule has 3 heterocycles. The normalized spacial score (nSPS) is 16.6. The summed E-state index contributed by atoms with van der Waals surface area (Å²) in [6.45, 7) is 0. The van der Waals surface area contributed by atoms with Gasteiger partial charge in [0, 0.05) is 17.4 Å². The van der Waals surface area contributed by atoms with Gasteiger partial charge < -0.3 is 24.5 Å². The molecular weight excluding hydrogens is 510 g/mol. The maximum atomic E-state index is 11.5. The number of carboxylic acid groups (broad SMARTS) is 1. The van der Waals surface area contributed by atoms with Crippen molar-refractivity contribution in [2.45, 2.75) is 12.1 Å². The van der Waals surface area contributed by atoms with Crippen molar-refractivity contribution in [1.29, 1.82) is 0 Å². The Morgan fingerprint density at radius 3 is 2.41 bits per heavy atom. The zero-order valence-corrected chi connectivity index (χ0v) is 21.4. The van der Waals surface area contributed by atoms with Crippen molar-refractivity contribution in [3.63, 3.8) is 0 Å². The first kappa shape index (κ1) is 24.4. The molecule has 0 amide bonds. The van der Waals surface area contributed by atoms with E-state index in [9.17, 15) is 9.90 Å². The summed E-state index contributed by atoms with van der Waals surface area (Å²) in [5.41, 5.74) is 2.56. The molecule has 192 valence electrons. The summed E-state index contributed by atoms with van der Waals surface area (Å²) in [5.74, 6) is 1.71. The molecule has 7 nitrogen and oxygen atoms in total. The third kappa shape index (κ3) is 4.97. The molecule has 0 aliphatic carbocycles. The summed E-state index contributed by atoms with van der Waals surface area (Å²) in [6, 6.07) is 32.9. The lowest BCUT2D eigenvalue weighted by Crippen LogP contribution is -2.29. The molecule has 1 aliphatic rings. The number of hydrogen-bond donors (Lipinski definition) is 2. The van der Waals surface area contributed by atoms with Crippen molar-refractivity contribution < 1.29 is 19.1 Å². The van der Waals surface area contributed by atoms with Crippen LogP contribution in [0.15, 0.2) is 120 Å². The molecular formula is C31H23N3O4S. The van der Waals surface area contributed by atoms with E-state index in [0.29, 0.717) is 27.9 Å². The Bertz CT molecular complexity index is 1620. The molecule has 1 aliphatic heterocycles. The van der Waals surface area contributed by atoms with E-state index in [-0.39, 0.29) is 17.6 Å². The van der Waals surface area contributed by atoms with Gasteiger partial charge in [0.05, 0.1) is 17.3 Å². The molecule has 8 heteroatoms. The molecule has 0 spiro atoms. The number of hydrogen-bond acceptors (Lipinski definition) is 5. The van der Waals surface area contributed by atoms with Gasteiger partial charge >= 0.3 is 5.97 Å². The van der Waals surface area contributed by atoms with Crippen LogP contribution in [0.1, 0.15) is 33.9 Å². The topological polar surface area (TPSA) is 87.8 Å². The quantitative estimate of drug-likeness (QED) is 0.216. The van der Waals surface area contributed by atoms with Crippen LogP contribution in [0.3, 0.4) is 0 Å². The van der Waals surface area contributed by atoms with Crippen molar-refractivity contribution in [2.24, 2.45) is 0 Å². The Morgan fingerprint density at radius 1 is 0.897 bits per heavy atom. The van der Waals surface area contributed by atoms with Crippen molar-refractivity contribution in [3.05, 3.63) is 132 Å². The first-order valence-electron chi connectivity index (χ1n) is 12.3. The first-order valence-corrected chi connectivity index (χ1v) is 12.7. The molecule has 2 unspecified atom stereocenters. The van der Waals surface area contributed by atoms with Crippen LogP contribution in [0.5, 0.6) is 11.5 Å². The average molecular weight is 534 g/mol. The molecule has 0 bridgehead atoms. The molecule has 1 fully saturated rings. The van der Waals surface area contributed by atoms with E-state index in [2.05, 4.69) is 10.3 Å². The van der Waals surface area contributed by atoms with Gasteiger partial charge in [0.2, 0.25) is 0 Å². The average Bonchev–Trinajstić information content (AvgIpc) is 3.59. The third-order valence-corrected chi connectivity index (χ3v) is 6.82. The second-order valence-corrected chi connectivity index (χ2v) is 9.38. The third-order valence-electron chi connectivity index (χ3n) is 6.50. The van der Waals surface area contributed by atoms with E-state index in [4.69, 9.17) is 21.4 Å². The van der Waals surface area contributed by atoms with Gasteiger partial charge in [0.1, 0.15) is 29.1 Å². The Kier molecular flexibility index (Phi) is 6.52. The maximum Gasteiger partial charge on any atom is 0.335 e. The van der Waals surface area contributed by atoms with E-state index in [0.717, 1.165) is 17.1 Å². The summed E-state index contributed by atoms with van der Waals surface area (Å²) in [6.07, 6.45) is 1.75. The zero-order chi connectivity index (χ0) is 26.8. The van der Waals surface area contributed by atoms with E-state index in [1.807, 2.05) is 95.9 Å². The number of nitrogens with zero attached hydrogens (tertiary/aromatic N) is 2. The number of rotatable bonds is 7. The van der Waals surface area contributed by atoms with E-state index in [1.165, 1.54) is 0 Å². The minimum absolute atomic E-state index is 0.194. The van der Waals surface area contributed by atoms with E-state index >= 15 is 0 Å². The monoisotopic (exact) mass is 533 g/mol. The standard InChI is InChI=1S/C31H23N3O4S/c35-30(36)21-8-6-7-20(19-21)26-16-17-27(38-26)29-28(25-11-4-5-18-32-25)33-31(39)34(29)22-12-14-24(15-13-22)37-23-9-2-1-3-10-23/h1-19,28-29H,(H,33,39)(H,35,36). The van der Waals surface area contributed by atoms with Gasteiger partial charge in [0.25, 0.3) is 0 Å². The summed E-state index contributed by atoms with van der Waals surface area (Å²) < 4.78 is 12.3. The summed E-state index contributed by atoms with van der Waals surface area (Å²) in [4.78, 5) is 18.1. The maximum absolute atomic E-state index is 11.5. The SMILES string of the molecule is O=C(O)c1cccc(-c2ccc(C3C(c4ccccn4)NC(=S)N3c3ccc(Oc4ccccc4)cc3)o2)c1. The van der Waals surface area contributed by atoms with Crippen LogP contribution in [0.4, 0.5) is 5.69 Å². The minimum Gasteiger partial charge on any atom is -0.478 e. The van der Waals surface area contributed by atoms with E-state index in [1.54, 1.807) is 24.4 Å². The minimum atomic E-state index is -0.991. The highest BCUT2D eigenvalue weighted by atomic mass is 32.1. The predicted molar refractivity (Wildman–Crippen MR) is 152 cm³/mol. The first-order chi connectivity index (χ1) is 19.1. The largest absolute Gasteiger partial charge is 0.478 e. The fourth-order valence-corrected chi connectivity index (χ4v) is 5.04. The number of carboxylic acids is 1. The van der Waals surface area contributed by atoms with Crippen LogP contribution < -0.4 is 15.0 Å². The second kappa shape index (κ2) is 10.4. The number of benzene rings is 3. The van der Waals surface area contributed by atoms with Crippen molar-refractivity contribution in [1.82, 2.24) is 10.3 Å². The number of carbonyl (C=O) groups is 1. The van der Waals surface area contributed by atoms with Crippen molar-refractivity contribution in [2.75, 3.05) is 4.90 Å². The van der Waals surface area contributed by atoms with Gasteiger partial charge in [-0.05, 0) is 85.0 Å². The molecule has 2 aromatic heterocycles. The number of anilines is 1. The predicted octanol–water partition coefficient (Wildman–Crippen LogP) is 7.01. The summed E-state index contributed by atoms with van der Waals surface area (Å²) >= 11 is 5.81. The molecule has 6 rings (SSSR count). The summed E-state index contributed by atoms with van der Waals surface area (Å²) in [7, 11) is 0. The number of furan rings is 1. The number of pyridine rings is 1. The molecule has 0 saturated carbocycles. The number of thiocarbonyl (C=S) groups is 1. The molecule has 2 N–H and O–H groups in total. The molecule has 39 heavy (non-hydrogen) atoms. The van der Waals surface area contributed by atoms with Gasteiger partial charge in [-0.3, -0.25) is 4.98 Å². The zero-order valence-electron chi connectivity index (χ0n) is 20.6. The highest BCUT2D eigenvalue weighted by Gasteiger charge is 2.42. The number of aromatic carboxylic acids is 1. The lowest BCUT2D eigenvalue weighted by Gasteiger charge is -2.26. The van der Waals surface area contributed by atoms with Gasteiger partial charge in [-0.25, -0.2) is 4.79 Å². The van der Waals surface area contributed by atoms with Crippen LogP contribution in [0, 0.1) is 0 Å². The van der Waals surface area contributed by atoms with Gasteiger partial charge in [-0.2, -0.15) is 0 Å². The molecule has 0 radical (unpaired) electrons. The van der Waals surface area contributed by atoms with Gasteiger partial charge in [-0.15, -0.1) is 0 Å². The Hall–Kier alpha value is -4.95. The number of nitrogens with one attached hydrogen (secondary N) is 1. The molecule has 3 aromatic carbocycles. The molecule has 2 atom stereocenters. The van der Waals surface area contributed by atoms with Gasteiger partial charge in [0.15, 0.2) is 5.11 Å². The number of aromatic nitrogens is 1. The highest BCUT2D eigenvalue weighted by Crippen LogP contribution is 2.43. The van der Waals surface area contributed by atoms with Crippen LogP contribution in [0.25, 0.3) is 11.3 Å². The highest BCUT2D eigenvalue weighted by molar-refractivity contribution is 7.80. The van der Waals surface area contributed by atoms with Crippen molar-refractivity contribution >= 4 is 29.0 Å². The number of ether oxygens (including phenoxy) is 1. The van der Waals surface area contributed by atoms with Crippen LogP contribution in [-0.4, -0.2) is 21.2 Å². The number of para-hydroxylation sites is 1. The molecule has 5 aromatic rings. The molecule has 1 saturated heterocycles. The van der Waals surface area contributed by atoms with Crippen molar-refractivity contribution in [3.8, 4) is 22.8 Å². The van der Waals surface area contributed by atoms with Crippen LogP contribution >= 0.6 is 12.2 Å². The second-order valence-electron chi connectivity index (χ2n) is 8.99. The Balaban J connectivity index is 1.36.